The van der Waals surface area contributed by atoms with Gasteiger partial charge in [-0.2, -0.15) is 0 Å². The molecule has 1 unspecified atom stereocenters. The fraction of sp³-hybridized carbons (Fsp3) is 0.0800. The summed E-state index contributed by atoms with van der Waals surface area (Å²) in [6.07, 6.45) is 3.23. The second kappa shape index (κ2) is 8.44. The Balaban J connectivity index is 1.50. The number of ether oxygens (including phenoxy) is 1. The molecule has 5 rings (SSSR count). The maximum atomic E-state index is 14.9. The SMILES string of the molecule is CS(=O)(=O)c1c(Oc2cccc(-c3ncc(C(O)c4ccccc4)[nH]3)c2)c(F)cc2[nH]ccc12. The van der Waals surface area contributed by atoms with Crippen molar-refractivity contribution in [3.63, 3.8) is 0 Å². The summed E-state index contributed by atoms with van der Waals surface area (Å²) in [5, 5.41) is 11.0. The number of sulfone groups is 1. The van der Waals surface area contributed by atoms with Crippen molar-refractivity contribution < 1.29 is 22.7 Å². The lowest BCUT2D eigenvalue weighted by molar-refractivity contribution is 0.216. The summed E-state index contributed by atoms with van der Waals surface area (Å²) < 4.78 is 45.6. The van der Waals surface area contributed by atoms with Crippen LogP contribution in [-0.4, -0.2) is 34.7 Å². The molecule has 0 radical (unpaired) electrons. The third-order valence-electron chi connectivity index (χ3n) is 5.42. The van der Waals surface area contributed by atoms with E-state index in [-0.39, 0.29) is 16.4 Å². The zero-order valence-electron chi connectivity index (χ0n) is 18.0. The van der Waals surface area contributed by atoms with Crippen LogP contribution in [0.3, 0.4) is 0 Å². The largest absolute Gasteiger partial charge is 0.453 e. The molecule has 0 aliphatic heterocycles. The highest BCUT2D eigenvalue weighted by Gasteiger charge is 2.24. The fourth-order valence-electron chi connectivity index (χ4n) is 3.85. The van der Waals surface area contributed by atoms with Gasteiger partial charge in [0.25, 0.3) is 0 Å². The highest BCUT2D eigenvalue weighted by molar-refractivity contribution is 7.91. The summed E-state index contributed by atoms with van der Waals surface area (Å²) in [6, 6.07) is 18.6. The number of hydrogen-bond acceptors (Lipinski definition) is 5. The van der Waals surface area contributed by atoms with Gasteiger partial charge in [0.2, 0.25) is 0 Å². The number of H-pyrrole nitrogens is 2. The molecule has 0 aliphatic carbocycles. The van der Waals surface area contributed by atoms with Crippen LogP contribution < -0.4 is 4.74 Å². The van der Waals surface area contributed by atoms with Gasteiger partial charge in [-0.05, 0) is 23.8 Å². The van der Waals surface area contributed by atoms with Crippen LogP contribution in [0.4, 0.5) is 4.39 Å². The van der Waals surface area contributed by atoms with Crippen LogP contribution in [0.15, 0.2) is 84.0 Å². The zero-order valence-corrected chi connectivity index (χ0v) is 18.8. The number of aromatic amines is 2. The number of nitrogens with one attached hydrogen (secondary N) is 2. The minimum Gasteiger partial charge on any atom is -0.453 e. The van der Waals surface area contributed by atoms with Gasteiger partial charge < -0.3 is 19.8 Å². The predicted octanol–water partition coefficient (Wildman–Crippen LogP) is 4.97. The molecule has 7 nitrogen and oxygen atoms in total. The second-order valence-corrected chi connectivity index (χ2v) is 9.81. The summed E-state index contributed by atoms with van der Waals surface area (Å²) in [6.45, 7) is 0. The average Bonchev–Trinajstić information content (AvgIpc) is 3.49. The number of fused-ring (bicyclic) bond motifs is 1. The Morgan fingerprint density at radius 1 is 1.06 bits per heavy atom. The van der Waals surface area contributed by atoms with Gasteiger partial charge >= 0.3 is 0 Å². The lowest BCUT2D eigenvalue weighted by Gasteiger charge is -2.13. The van der Waals surface area contributed by atoms with Gasteiger partial charge in [-0.1, -0.05) is 42.5 Å². The van der Waals surface area contributed by atoms with Gasteiger partial charge in [0, 0.05) is 35.0 Å². The minimum atomic E-state index is -3.80. The van der Waals surface area contributed by atoms with Crippen molar-refractivity contribution in [2.45, 2.75) is 11.0 Å². The molecule has 172 valence electrons. The maximum Gasteiger partial charge on any atom is 0.182 e. The van der Waals surface area contributed by atoms with Crippen molar-refractivity contribution in [2.24, 2.45) is 0 Å². The zero-order chi connectivity index (χ0) is 23.9. The highest BCUT2D eigenvalue weighted by atomic mass is 32.2. The Morgan fingerprint density at radius 2 is 1.85 bits per heavy atom. The van der Waals surface area contributed by atoms with Crippen LogP contribution in [-0.2, 0) is 9.84 Å². The quantitative estimate of drug-likeness (QED) is 0.320. The summed E-state index contributed by atoms with van der Waals surface area (Å²) in [7, 11) is -3.80. The van der Waals surface area contributed by atoms with Gasteiger partial charge in [0.05, 0.1) is 11.9 Å². The maximum absolute atomic E-state index is 14.9. The van der Waals surface area contributed by atoms with E-state index >= 15 is 0 Å². The van der Waals surface area contributed by atoms with E-state index in [1.54, 1.807) is 42.7 Å². The van der Waals surface area contributed by atoms with Crippen molar-refractivity contribution in [3.05, 3.63) is 96.2 Å². The monoisotopic (exact) mass is 477 g/mol. The Labute approximate surface area is 194 Å². The van der Waals surface area contributed by atoms with Gasteiger partial charge in [-0.15, -0.1) is 0 Å². The molecule has 0 amide bonds. The minimum absolute atomic E-state index is 0.222. The molecule has 0 aliphatic rings. The van der Waals surface area contributed by atoms with E-state index in [1.807, 2.05) is 30.3 Å². The number of rotatable bonds is 6. The number of aliphatic hydroxyl groups excluding tert-OH is 1. The first-order chi connectivity index (χ1) is 16.3. The molecule has 3 aromatic carbocycles. The van der Waals surface area contributed by atoms with Crippen molar-refractivity contribution in [1.29, 1.82) is 0 Å². The van der Waals surface area contributed by atoms with Crippen LogP contribution in [0.1, 0.15) is 17.4 Å². The molecular formula is C25H20FN3O4S. The molecule has 34 heavy (non-hydrogen) atoms. The van der Waals surface area contributed by atoms with E-state index in [0.29, 0.717) is 28.0 Å². The number of aliphatic hydroxyl groups is 1. The van der Waals surface area contributed by atoms with E-state index < -0.39 is 21.8 Å². The van der Waals surface area contributed by atoms with E-state index in [0.717, 1.165) is 11.8 Å². The summed E-state index contributed by atoms with van der Waals surface area (Å²) >= 11 is 0. The Morgan fingerprint density at radius 3 is 2.62 bits per heavy atom. The molecule has 3 N–H and O–H groups in total. The van der Waals surface area contributed by atoms with Gasteiger partial charge in [0.1, 0.15) is 22.6 Å². The molecule has 2 aromatic heterocycles. The van der Waals surface area contributed by atoms with Crippen LogP contribution >= 0.6 is 0 Å². The number of hydrogen-bond donors (Lipinski definition) is 3. The first-order valence-electron chi connectivity index (χ1n) is 10.4. The highest BCUT2D eigenvalue weighted by Crippen LogP contribution is 2.38. The number of benzene rings is 3. The number of halogens is 1. The molecule has 0 bridgehead atoms. The molecule has 0 saturated heterocycles. The third-order valence-corrected chi connectivity index (χ3v) is 6.57. The van der Waals surface area contributed by atoms with Crippen molar-refractivity contribution in [1.82, 2.24) is 15.0 Å². The van der Waals surface area contributed by atoms with Gasteiger partial charge in [0.15, 0.2) is 21.4 Å². The topological polar surface area (TPSA) is 108 Å². The van der Waals surface area contributed by atoms with Crippen molar-refractivity contribution in [2.75, 3.05) is 6.26 Å². The molecule has 0 fully saturated rings. The fourth-order valence-corrected chi connectivity index (χ4v) is 4.90. The standard InChI is InChI=1S/C25H20FN3O4S/c1-34(31,32)24-18-10-11-27-20(18)13-19(26)23(24)33-17-9-5-8-16(12-17)25-28-14-21(29-25)22(30)15-6-3-2-4-7-15/h2-14,22,27,30H,1H3,(H,28,29). The molecular weight excluding hydrogens is 457 g/mol. The predicted molar refractivity (Wildman–Crippen MR) is 126 cm³/mol. The lowest BCUT2D eigenvalue weighted by Crippen LogP contribution is -2.03. The lowest BCUT2D eigenvalue weighted by atomic mass is 10.1. The molecule has 1 atom stereocenters. The molecule has 5 aromatic rings. The van der Waals surface area contributed by atoms with Crippen LogP contribution in [0.25, 0.3) is 22.3 Å². The normalized spacial score (nSPS) is 12.7. The average molecular weight is 478 g/mol. The number of aromatic nitrogens is 3. The number of nitrogens with zero attached hydrogens (tertiary/aromatic N) is 1. The van der Waals surface area contributed by atoms with E-state index in [4.69, 9.17) is 4.74 Å². The molecule has 9 heteroatoms. The molecule has 2 heterocycles. The van der Waals surface area contributed by atoms with E-state index in [9.17, 15) is 17.9 Å². The first kappa shape index (κ1) is 21.9. The van der Waals surface area contributed by atoms with E-state index in [2.05, 4.69) is 15.0 Å². The third kappa shape index (κ3) is 4.07. The van der Waals surface area contributed by atoms with Crippen molar-refractivity contribution >= 4 is 20.7 Å². The summed E-state index contributed by atoms with van der Waals surface area (Å²) in [5.41, 5.74) is 2.21. The Hall–Kier alpha value is -3.95. The van der Waals surface area contributed by atoms with Crippen LogP contribution in [0.5, 0.6) is 11.5 Å². The molecule has 0 saturated carbocycles. The van der Waals surface area contributed by atoms with Crippen LogP contribution in [0.2, 0.25) is 0 Å². The van der Waals surface area contributed by atoms with Crippen molar-refractivity contribution in [3.8, 4) is 22.9 Å². The second-order valence-electron chi connectivity index (χ2n) is 7.86. The van der Waals surface area contributed by atoms with Gasteiger partial charge in [-0.25, -0.2) is 17.8 Å². The summed E-state index contributed by atoms with van der Waals surface area (Å²) in [4.78, 5) is 10.0. The van der Waals surface area contributed by atoms with Crippen LogP contribution in [0, 0.1) is 5.82 Å². The Kier molecular flexibility index (Phi) is 5.43. The first-order valence-corrected chi connectivity index (χ1v) is 12.3. The summed E-state index contributed by atoms with van der Waals surface area (Å²) in [5.74, 6) is -0.462. The molecule has 0 spiro atoms. The van der Waals surface area contributed by atoms with Gasteiger partial charge in [-0.3, -0.25) is 0 Å². The van der Waals surface area contributed by atoms with E-state index in [1.165, 1.54) is 6.07 Å². The smallest absolute Gasteiger partial charge is 0.182 e. The Bertz CT molecular complexity index is 1590. The number of imidazole rings is 1.